The highest BCUT2D eigenvalue weighted by Gasteiger charge is 2.12. The molecule has 2 heterocycles. The van der Waals surface area contributed by atoms with Gasteiger partial charge in [0.15, 0.2) is 0 Å². The molecule has 0 aromatic carbocycles. The molecule has 0 atom stereocenters. The SMILES string of the molecule is Cc1ccc(CN2CCCCC2)nc1C(C)C. The first-order chi connectivity index (χ1) is 8.16. The Morgan fingerprint density at radius 1 is 1.18 bits per heavy atom. The van der Waals surface area contributed by atoms with Gasteiger partial charge in [0, 0.05) is 12.2 Å². The molecule has 0 radical (unpaired) electrons. The van der Waals surface area contributed by atoms with Gasteiger partial charge >= 0.3 is 0 Å². The molecule has 0 amide bonds. The second-order valence-corrected chi connectivity index (χ2v) is 5.50. The Labute approximate surface area is 105 Å². The number of nitrogens with zero attached hydrogens (tertiary/aromatic N) is 2. The van der Waals surface area contributed by atoms with Crippen LogP contribution in [0.15, 0.2) is 12.1 Å². The summed E-state index contributed by atoms with van der Waals surface area (Å²) in [6.45, 7) is 10.1. The molecule has 0 unspecified atom stereocenters. The summed E-state index contributed by atoms with van der Waals surface area (Å²) in [7, 11) is 0. The van der Waals surface area contributed by atoms with E-state index in [2.05, 4.69) is 37.8 Å². The Kier molecular flexibility index (Phi) is 4.16. The second-order valence-electron chi connectivity index (χ2n) is 5.50. The third-order valence-electron chi connectivity index (χ3n) is 3.57. The number of piperidine rings is 1. The molecule has 2 nitrogen and oxygen atoms in total. The number of hydrogen-bond donors (Lipinski definition) is 0. The van der Waals surface area contributed by atoms with Crippen LogP contribution in [0.3, 0.4) is 0 Å². The standard InChI is InChI=1S/C15H24N2/c1-12(2)15-13(3)7-8-14(16-15)11-17-9-5-4-6-10-17/h7-8,12H,4-6,9-11H2,1-3H3. The molecule has 1 saturated heterocycles. The van der Waals surface area contributed by atoms with Crippen LogP contribution in [0.5, 0.6) is 0 Å². The maximum atomic E-state index is 4.82. The largest absolute Gasteiger partial charge is 0.298 e. The zero-order valence-corrected chi connectivity index (χ0v) is 11.4. The van der Waals surface area contributed by atoms with Crippen molar-refractivity contribution in [3.8, 4) is 0 Å². The van der Waals surface area contributed by atoms with Crippen molar-refractivity contribution < 1.29 is 0 Å². The van der Waals surface area contributed by atoms with E-state index in [9.17, 15) is 0 Å². The molecule has 1 fully saturated rings. The molecule has 0 aliphatic carbocycles. The molecule has 0 N–H and O–H groups in total. The van der Waals surface area contributed by atoms with E-state index >= 15 is 0 Å². The summed E-state index contributed by atoms with van der Waals surface area (Å²) < 4.78 is 0. The normalized spacial score (nSPS) is 17.6. The van der Waals surface area contributed by atoms with Gasteiger partial charge in [0.1, 0.15) is 0 Å². The minimum Gasteiger partial charge on any atom is -0.298 e. The highest BCUT2D eigenvalue weighted by molar-refractivity contribution is 5.24. The van der Waals surface area contributed by atoms with E-state index in [0.29, 0.717) is 5.92 Å². The van der Waals surface area contributed by atoms with E-state index < -0.39 is 0 Å². The number of rotatable bonds is 3. The maximum Gasteiger partial charge on any atom is 0.0547 e. The molecule has 0 bridgehead atoms. The van der Waals surface area contributed by atoms with Crippen molar-refractivity contribution in [2.24, 2.45) is 0 Å². The monoisotopic (exact) mass is 232 g/mol. The molecule has 1 aromatic heterocycles. The lowest BCUT2D eigenvalue weighted by atomic mass is 10.0. The molecular weight excluding hydrogens is 208 g/mol. The summed E-state index contributed by atoms with van der Waals surface area (Å²) >= 11 is 0. The number of aromatic nitrogens is 1. The van der Waals surface area contributed by atoms with Crippen LogP contribution in [-0.4, -0.2) is 23.0 Å². The van der Waals surface area contributed by atoms with E-state index in [1.54, 1.807) is 0 Å². The van der Waals surface area contributed by atoms with Crippen molar-refractivity contribution in [2.75, 3.05) is 13.1 Å². The fourth-order valence-corrected chi connectivity index (χ4v) is 2.61. The first-order valence-corrected chi connectivity index (χ1v) is 6.85. The van der Waals surface area contributed by atoms with Gasteiger partial charge in [0.05, 0.1) is 5.69 Å². The van der Waals surface area contributed by atoms with Crippen LogP contribution >= 0.6 is 0 Å². The van der Waals surface area contributed by atoms with Crippen LogP contribution in [0.25, 0.3) is 0 Å². The van der Waals surface area contributed by atoms with E-state index in [4.69, 9.17) is 4.98 Å². The van der Waals surface area contributed by atoms with E-state index in [-0.39, 0.29) is 0 Å². The van der Waals surface area contributed by atoms with Crippen molar-refractivity contribution in [1.82, 2.24) is 9.88 Å². The minimum atomic E-state index is 0.524. The summed E-state index contributed by atoms with van der Waals surface area (Å²) in [5.74, 6) is 0.524. The van der Waals surface area contributed by atoms with E-state index in [1.165, 1.54) is 49.3 Å². The van der Waals surface area contributed by atoms with E-state index in [0.717, 1.165) is 6.54 Å². The molecule has 2 heteroatoms. The fraction of sp³-hybridized carbons (Fsp3) is 0.667. The fourth-order valence-electron chi connectivity index (χ4n) is 2.61. The average Bonchev–Trinajstić information content (AvgIpc) is 2.32. The Bertz CT molecular complexity index is 365. The number of hydrogen-bond acceptors (Lipinski definition) is 2. The molecule has 17 heavy (non-hydrogen) atoms. The predicted molar refractivity (Wildman–Crippen MR) is 72.2 cm³/mol. The van der Waals surface area contributed by atoms with Gasteiger partial charge in [-0.25, -0.2) is 0 Å². The molecule has 1 aliphatic rings. The lowest BCUT2D eigenvalue weighted by Gasteiger charge is -2.26. The number of pyridine rings is 1. The van der Waals surface area contributed by atoms with Crippen LogP contribution in [0.4, 0.5) is 0 Å². The summed E-state index contributed by atoms with van der Waals surface area (Å²) in [4.78, 5) is 7.36. The van der Waals surface area contributed by atoms with Gasteiger partial charge in [-0.2, -0.15) is 0 Å². The molecule has 1 aromatic rings. The lowest BCUT2D eigenvalue weighted by molar-refractivity contribution is 0.218. The van der Waals surface area contributed by atoms with Crippen LogP contribution in [0.1, 0.15) is 56.0 Å². The summed E-state index contributed by atoms with van der Waals surface area (Å²) in [6, 6.07) is 4.41. The first-order valence-electron chi connectivity index (χ1n) is 6.85. The zero-order chi connectivity index (χ0) is 12.3. The van der Waals surface area contributed by atoms with Crippen molar-refractivity contribution in [1.29, 1.82) is 0 Å². The van der Waals surface area contributed by atoms with Gasteiger partial charge < -0.3 is 0 Å². The molecule has 94 valence electrons. The average molecular weight is 232 g/mol. The molecule has 0 spiro atoms. The third-order valence-corrected chi connectivity index (χ3v) is 3.57. The Hall–Kier alpha value is -0.890. The number of likely N-dealkylation sites (tertiary alicyclic amines) is 1. The van der Waals surface area contributed by atoms with Gasteiger partial charge in [0.25, 0.3) is 0 Å². The zero-order valence-electron chi connectivity index (χ0n) is 11.4. The van der Waals surface area contributed by atoms with Crippen molar-refractivity contribution in [3.63, 3.8) is 0 Å². The van der Waals surface area contributed by atoms with Crippen LogP contribution < -0.4 is 0 Å². The highest BCUT2D eigenvalue weighted by atomic mass is 15.1. The molecule has 2 rings (SSSR count). The Morgan fingerprint density at radius 3 is 2.53 bits per heavy atom. The van der Waals surface area contributed by atoms with Gasteiger partial charge in [-0.15, -0.1) is 0 Å². The molecular formula is C15H24N2. The topological polar surface area (TPSA) is 16.1 Å². The van der Waals surface area contributed by atoms with E-state index in [1.807, 2.05) is 0 Å². The third kappa shape index (κ3) is 3.29. The minimum absolute atomic E-state index is 0.524. The Morgan fingerprint density at radius 2 is 1.88 bits per heavy atom. The van der Waals surface area contributed by atoms with Gasteiger partial charge in [-0.05, 0) is 50.4 Å². The quantitative estimate of drug-likeness (QED) is 0.793. The summed E-state index contributed by atoms with van der Waals surface area (Å²) in [6.07, 6.45) is 4.10. The van der Waals surface area contributed by atoms with Crippen molar-refractivity contribution in [3.05, 3.63) is 29.1 Å². The van der Waals surface area contributed by atoms with Gasteiger partial charge in [0.2, 0.25) is 0 Å². The molecule has 1 aliphatic heterocycles. The maximum absolute atomic E-state index is 4.82. The van der Waals surface area contributed by atoms with Crippen LogP contribution in [-0.2, 0) is 6.54 Å². The Balaban J connectivity index is 2.07. The number of aryl methyl sites for hydroxylation is 1. The predicted octanol–water partition coefficient (Wildman–Crippen LogP) is 3.50. The second kappa shape index (κ2) is 5.63. The first kappa shape index (κ1) is 12.6. The molecule has 0 saturated carbocycles. The summed E-state index contributed by atoms with van der Waals surface area (Å²) in [5.41, 5.74) is 3.82. The van der Waals surface area contributed by atoms with Crippen molar-refractivity contribution in [2.45, 2.75) is 52.5 Å². The van der Waals surface area contributed by atoms with Crippen molar-refractivity contribution >= 4 is 0 Å². The smallest absolute Gasteiger partial charge is 0.0547 e. The highest BCUT2D eigenvalue weighted by Crippen LogP contribution is 2.18. The summed E-state index contributed by atoms with van der Waals surface area (Å²) in [5, 5.41) is 0. The lowest BCUT2D eigenvalue weighted by Crippen LogP contribution is -2.29. The van der Waals surface area contributed by atoms with Crippen LogP contribution in [0, 0.1) is 6.92 Å². The van der Waals surface area contributed by atoms with Gasteiger partial charge in [-0.3, -0.25) is 9.88 Å². The van der Waals surface area contributed by atoms with Crippen LogP contribution in [0.2, 0.25) is 0 Å². The van der Waals surface area contributed by atoms with Gasteiger partial charge in [-0.1, -0.05) is 26.3 Å².